The summed E-state index contributed by atoms with van der Waals surface area (Å²) < 4.78 is 5.79. The van der Waals surface area contributed by atoms with Crippen molar-refractivity contribution in [1.29, 1.82) is 0 Å². The van der Waals surface area contributed by atoms with Gasteiger partial charge in [0.25, 0.3) is 0 Å². The smallest absolute Gasteiger partial charge is 0.131 e. The topological polar surface area (TPSA) is 29.5 Å². The van der Waals surface area contributed by atoms with Gasteiger partial charge >= 0.3 is 0 Å². The number of aryl methyl sites for hydroxylation is 1. The third kappa shape index (κ3) is 3.49. The van der Waals surface area contributed by atoms with Gasteiger partial charge in [-0.3, -0.25) is 0 Å². The minimum Gasteiger partial charge on any atom is -0.457 e. The van der Waals surface area contributed by atoms with Crippen molar-refractivity contribution in [3.05, 3.63) is 58.6 Å². The molecule has 2 nitrogen and oxygen atoms in total. The van der Waals surface area contributed by atoms with E-state index in [0.717, 1.165) is 22.6 Å². The van der Waals surface area contributed by atoms with Crippen LogP contribution in [0.2, 0.25) is 5.02 Å². The fourth-order valence-electron chi connectivity index (χ4n) is 1.80. The number of aliphatic hydroxyl groups excluding tert-OH is 1. The van der Waals surface area contributed by atoms with Crippen LogP contribution in [0.15, 0.2) is 42.5 Å². The SMILES string of the molecule is CC[C@@H](O)c1ccc(Oc2cc(Cl)ccc2C)cc1. The molecule has 0 saturated heterocycles. The van der Waals surface area contributed by atoms with E-state index in [0.29, 0.717) is 11.4 Å². The summed E-state index contributed by atoms with van der Waals surface area (Å²) in [6, 6.07) is 13.0. The van der Waals surface area contributed by atoms with Gasteiger partial charge < -0.3 is 9.84 Å². The Kier molecular flexibility index (Phi) is 4.46. The predicted octanol–water partition coefficient (Wildman–Crippen LogP) is 4.88. The largest absolute Gasteiger partial charge is 0.457 e. The fraction of sp³-hybridized carbons (Fsp3) is 0.250. The normalized spacial score (nSPS) is 12.2. The van der Waals surface area contributed by atoms with Crippen LogP contribution in [0.1, 0.15) is 30.6 Å². The molecule has 0 aliphatic carbocycles. The Balaban J connectivity index is 2.17. The number of ether oxygens (including phenoxy) is 1. The molecule has 3 heteroatoms. The number of rotatable bonds is 4. The molecule has 0 spiro atoms. The predicted molar refractivity (Wildman–Crippen MR) is 78.0 cm³/mol. The summed E-state index contributed by atoms with van der Waals surface area (Å²) in [5.74, 6) is 1.48. The molecular formula is C16H17ClO2. The minimum absolute atomic E-state index is 0.415. The standard InChI is InChI=1S/C16H17ClO2/c1-3-15(18)12-5-8-14(9-6-12)19-16-10-13(17)7-4-11(16)2/h4-10,15,18H,3H2,1-2H3/t15-/m1/s1. The van der Waals surface area contributed by atoms with Crippen molar-refractivity contribution in [2.45, 2.75) is 26.4 Å². The molecule has 0 radical (unpaired) electrons. The highest BCUT2D eigenvalue weighted by Crippen LogP contribution is 2.29. The lowest BCUT2D eigenvalue weighted by molar-refractivity contribution is 0.173. The summed E-state index contributed by atoms with van der Waals surface area (Å²) >= 11 is 5.96. The van der Waals surface area contributed by atoms with Gasteiger partial charge in [0.05, 0.1) is 6.10 Å². The van der Waals surface area contributed by atoms with Crippen LogP contribution in [0.25, 0.3) is 0 Å². The van der Waals surface area contributed by atoms with E-state index in [1.807, 2.05) is 50.2 Å². The molecule has 0 aliphatic heterocycles. The second-order valence-corrected chi connectivity index (χ2v) is 4.94. The first-order valence-corrected chi connectivity index (χ1v) is 6.70. The Morgan fingerprint density at radius 1 is 1.16 bits per heavy atom. The molecule has 0 amide bonds. The van der Waals surface area contributed by atoms with Crippen molar-refractivity contribution in [3.8, 4) is 11.5 Å². The van der Waals surface area contributed by atoms with E-state index in [9.17, 15) is 5.11 Å². The lowest BCUT2D eigenvalue weighted by atomic mass is 10.1. The Morgan fingerprint density at radius 3 is 2.47 bits per heavy atom. The number of hydrogen-bond acceptors (Lipinski definition) is 2. The molecular weight excluding hydrogens is 260 g/mol. The monoisotopic (exact) mass is 276 g/mol. The third-order valence-corrected chi connectivity index (χ3v) is 3.26. The van der Waals surface area contributed by atoms with E-state index in [2.05, 4.69) is 0 Å². The van der Waals surface area contributed by atoms with Gasteiger partial charge in [-0.2, -0.15) is 0 Å². The van der Waals surface area contributed by atoms with E-state index in [4.69, 9.17) is 16.3 Å². The minimum atomic E-state index is -0.415. The van der Waals surface area contributed by atoms with Gasteiger partial charge in [-0.05, 0) is 48.7 Å². The second-order valence-electron chi connectivity index (χ2n) is 4.50. The third-order valence-electron chi connectivity index (χ3n) is 3.03. The molecule has 2 rings (SSSR count). The molecule has 0 aliphatic rings. The average molecular weight is 277 g/mol. The van der Waals surface area contributed by atoms with E-state index < -0.39 is 6.10 Å². The zero-order valence-electron chi connectivity index (χ0n) is 11.1. The van der Waals surface area contributed by atoms with E-state index in [1.165, 1.54) is 0 Å². The molecule has 0 bridgehead atoms. The first kappa shape index (κ1) is 13.9. The summed E-state index contributed by atoms with van der Waals surface area (Å²) in [5, 5.41) is 10.4. The summed E-state index contributed by atoms with van der Waals surface area (Å²) in [5.41, 5.74) is 1.93. The molecule has 19 heavy (non-hydrogen) atoms. The Bertz CT molecular complexity index is 549. The van der Waals surface area contributed by atoms with Crippen LogP contribution in [-0.4, -0.2) is 5.11 Å². The Morgan fingerprint density at radius 2 is 1.84 bits per heavy atom. The first-order valence-electron chi connectivity index (χ1n) is 6.32. The van der Waals surface area contributed by atoms with Gasteiger partial charge in [0.15, 0.2) is 0 Å². The van der Waals surface area contributed by atoms with Gasteiger partial charge in [0.1, 0.15) is 11.5 Å². The Labute approximate surface area is 118 Å². The van der Waals surface area contributed by atoms with Gasteiger partial charge in [0, 0.05) is 5.02 Å². The van der Waals surface area contributed by atoms with Crippen LogP contribution in [-0.2, 0) is 0 Å². The zero-order chi connectivity index (χ0) is 13.8. The van der Waals surface area contributed by atoms with Gasteiger partial charge in [-0.25, -0.2) is 0 Å². The highest BCUT2D eigenvalue weighted by molar-refractivity contribution is 6.30. The van der Waals surface area contributed by atoms with E-state index >= 15 is 0 Å². The molecule has 2 aromatic rings. The molecule has 0 aromatic heterocycles. The highest BCUT2D eigenvalue weighted by Gasteiger charge is 2.06. The number of hydrogen-bond donors (Lipinski definition) is 1. The number of halogens is 1. The van der Waals surface area contributed by atoms with Gasteiger partial charge in [0.2, 0.25) is 0 Å². The summed E-state index contributed by atoms with van der Waals surface area (Å²) in [6.07, 6.45) is 0.287. The van der Waals surface area contributed by atoms with Crippen LogP contribution in [0.5, 0.6) is 11.5 Å². The second kappa shape index (κ2) is 6.09. The maximum absolute atomic E-state index is 9.73. The molecule has 1 N–H and O–H groups in total. The number of benzene rings is 2. The molecule has 100 valence electrons. The lowest BCUT2D eigenvalue weighted by Crippen LogP contribution is -1.95. The van der Waals surface area contributed by atoms with Crippen LogP contribution in [0.3, 0.4) is 0 Å². The molecule has 0 saturated carbocycles. The number of aliphatic hydroxyl groups is 1. The first-order chi connectivity index (χ1) is 9.10. The van der Waals surface area contributed by atoms with Crippen molar-refractivity contribution in [1.82, 2.24) is 0 Å². The molecule has 0 fully saturated rings. The Hall–Kier alpha value is -1.51. The maximum Gasteiger partial charge on any atom is 0.131 e. The van der Waals surface area contributed by atoms with Crippen LogP contribution < -0.4 is 4.74 Å². The maximum atomic E-state index is 9.73. The van der Waals surface area contributed by atoms with Crippen molar-refractivity contribution >= 4 is 11.6 Å². The molecule has 0 unspecified atom stereocenters. The zero-order valence-corrected chi connectivity index (χ0v) is 11.8. The summed E-state index contributed by atoms with van der Waals surface area (Å²) in [6.45, 7) is 3.92. The summed E-state index contributed by atoms with van der Waals surface area (Å²) in [4.78, 5) is 0. The van der Waals surface area contributed by atoms with Crippen LogP contribution in [0, 0.1) is 6.92 Å². The van der Waals surface area contributed by atoms with Crippen molar-refractivity contribution in [2.75, 3.05) is 0 Å². The van der Waals surface area contributed by atoms with Gasteiger partial charge in [-0.15, -0.1) is 0 Å². The van der Waals surface area contributed by atoms with E-state index in [-0.39, 0.29) is 0 Å². The van der Waals surface area contributed by atoms with Gasteiger partial charge in [-0.1, -0.05) is 36.7 Å². The van der Waals surface area contributed by atoms with E-state index in [1.54, 1.807) is 6.07 Å². The van der Waals surface area contributed by atoms with Crippen molar-refractivity contribution < 1.29 is 9.84 Å². The summed E-state index contributed by atoms with van der Waals surface area (Å²) in [7, 11) is 0. The quantitative estimate of drug-likeness (QED) is 0.862. The molecule has 0 heterocycles. The average Bonchev–Trinajstić information content (AvgIpc) is 2.43. The highest BCUT2D eigenvalue weighted by atomic mass is 35.5. The van der Waals surface area contributed by atoms with Crippen LogP contribution >= 0.6 is 11.6 Å². The fourth-order valence-corrected chi connectivity index (χ4v) is 1.97. The van der Waals surface area contributed by atoms with Crippen molar-refractivity contribution in [3.63, 3.8) is 0 Å². The van der Waals surface area contributed by atoms with Crippen LogP contribution in [0.4, 0.5) is 0 Å². The lowest BCUT2D eigenvalue weighted by Gasteiger charge is -2.11. The van der Waals surface area contributed by atoms with Crippen molar-refractivity contribution in [2.24, 2.45) is 0 Å². The molecule has 1 atom stereocenters. The molecule has 2 aromatic carbocycles.